The van der Waals surface area contributed by atoms with E-state index in [0.29, 0.717) is 11.3 Å². The van der Waals surface area contributed by atoms with Crippen molar-refractivity contribution in [3.05, 3.63) is 103 Å². The first-order valence-corrected chi connectivity index (χ1v) is 10.9. The fraction of sp³-hybridized carbons (Fsp3) is 0. The SMILES string of the molecule is O=S(=O)(c1ccccc1)c1cnc2cc(-c3ccccc3)nn2c1-c1ccccc1. The molecular formula is C24H17N3O2S. The maximum Gasteiger partial charge on any atom is 0.210 e. The minimum Gasteiger partial charge on any atom is -0.236 e. The van der Waals surface area contributed by atoms with Gasteiger partial charge >= 0.3 is 0 Å². The van der Waals surface area contributed by atoms with Gasteiger partial charge in [-0.3, -0.25) is 0 Å². The molecule has 2 aromatic heterocycles. The van der Waals surface area contributed by atoms with Crippen LogP contribution in [0.15, 0.2) is 113 Å². The predicted molar refractivity (Wildman–Crippen MR) is 116 cm³/mol. The molecule has 0 aliphatic heterocycles. The summed E-state index contributed by atoms with van der Waals surface area (Å²) in [7, 11) is -3.79. The van der Waals surface area contributed by atoms with Crippen molar-refractivity contribution in [3.63, 3.8) is 0 Å². The van der Waals surface area contributed by atoms with E-state index in [4.69, 9.17) is 5.10 Å². The molecule has 5 rings (SSSR count). The maximum absolute atomic E-state index is 13.5. The molecule has 0 N–H and O–H groups in total. The van der Waals surface area contributed by atoms with Gasteiger partial charge in [0.15, 0.2) is 5.65 Å². The van der Waals surface area contributed by atoms with Gasteiger partial charge < -0.3 is 0 Å². The summed E-state index contributed by atoms with van der Waals surface area (Å²) in [5, 5.41) is 4.72. The Hall–Kier alpha value is -3.77. The molecule has 0 saturated heterocycles. The summed E-state index contributed by atoms with van der Waals surface area (Å²) in [6.07, 6.45) is 1.43. The molecular weight excluding hydrogens is 394 g/mol. The van der Waals surface area contributed by atoms with Gasteiger partial charge in [0, 0.05) is 17.2 Å². The third-order valence-electron chi connectivity index (χ3n) is 4.91. The molecule has 0 unspecified atom stereocenters. The van der Waals surface area contributed by atoms with Gasteiger partial charge in [-0.25, -0.2) is 17.9 Å². The lowest BCUT2D eigenvalue weighted by atomic mass is 10.1. The largest absolute Gasteiger partial charge is 0.236 e. The van der Waals surface area contributed by atoms with Crippen LogP contribution in [0.3, 0.4) is 0 Å². The quantitative estimate of drug-likeness (QED) is 0.422. The molecule has 0 bridgehead atoms. The Bertz CT molecular complexity index is 1430. The lowest BCUT2D eigenvalue weighted by Gasteiger charge is -2.12. The molecule has 30 heavy (non-hydrogen) atoms. The first-order chi connectivity index (χ1) is 14.6. The molecule has 146 valence electrons. The van der Waals surface area contributed by atoms with Crippen molar-refractivity contribution in [2.24, 2.45) is 0 Å². The monoisotopic (exact) mass is 411 g/mol. The minimum absolute atomic E-state index is 0.120. The maximum atomic E-state index is 13.5. The Labute approximate surface area is 174 Å². The van der Waals surface area contributed by atoms with Crippen molar-refractivity contribution in [2.45, 2.75) is 9.79 Å². The molecule has 2 heterocycles. The zero-order chi connectivity index (χ0) is 20.6. The normalized spacial score (nSPS) is 11.6. The number of hydrogen-bond acceptors (Lipinski definition) is 4. The number of aromatic nitrogens is 3. The van der Waals surface area contributed by atoms with E-state index < -0.39 is 9.84 Å². The molecule has 6 heteroatoms. The smallest absolute Gasteiger partial charge is 0.210 e. The number of hydrogen-bond donors (Lipinski definition) is 0. The van der Waals surface area contributed by atoms with E-state index in [1.165, 1.54) is 6.20 Å². The Morgan fingerprint density at radius 2 is 1.27 bits per heavy atom. The van der Waals surface area contributed by atoms with E-state index in [1.54, 1.807) is 34.8 Å². The molecule has 0 atom stereocenters. The Balaban J connectivity index is 1.82. The van der Waals surface area contributed by atoms with Crippen LogP contribution in [0.25, 0.3) is 28.2 Å². The van der Waals surface area contributed by atoms with Crippen molar-refractivity contribution in [3.8, 4) is 22.5 Å². The molecule has 0 amide bonds. The second kappa shape index (κ2) is 7.24. The summed E-state index contributed by atoms with van der Waals surface area (Å²) < 4.78 is 28.6. The summed E-state index contributed by atoms with van der Waals surface area (Å²) >= 11 is 0. The standard InChI is InChI=1S/C24H17N3O2S/c28-30(29,20-14-8-3-9-15-20)22-17-25-23-16-21(18-10-4-1-5-11-18)26-27(23)24(22)19-12-6-2-7-13-19/h1-17H. The summed E-state index contributed by atoms with van der Waals surface area (Å²) in [6, 6.07) is 29.4. The predicted octanol–water partition coefficient (Wildman–Crippen LogP) is 4.90. The fourth-order valence-electron chi connectivity index (χ4n) is 3.45. The van der Waals surface area contributed by atoms with Gasteiger partial charge in [0.2, 0.25) is 9.84 Å². The van der Waals surface area contributed by atoms with Crippen molar-refractivity contribution in [1.82, 2.24) is 14.6 Å². The minimum atomic E-state index is -3.79. The highest BCUT2D eigenvalue weighted by Crippen LogP contribution is 2.32. The molecule has 0 spiro atoms. The summed E-state index contributed by atoms with van der Waals surface area (Å²) in [5.41, 5.74) is 3.50. The molecule has 0 aliphatic carbocycles. The third-order valence-corrected chi connectivity index (χ3v) is 6.68. The fourth-order valence-corrected chi connectivity index (χ4v) is 4.87. The van der Waals surface area contributed by atoms with Gasteiger partial charge in [0.05, 0.1) is 22.5 Å². The van der Waals surface area contributed by atoms with Crippen LogP contribution in [0.4, 0.5) is 0 Å². The Morgan fingerprint density at radius 3 is 1.90 bits per heavy atom. The zero-order valence-corrected chi connectivity index (χ0v) is 16.7. The first kappa shape index (κ1) is 18.3. The van der Waals surface area contributed by atoms with E-state index in [2.05, 4.69) is 4.98 Å². The van der Waals surface area contributed by atoms with E-state index in [0.717, 1.165) is 16.8 Å². The highest BCUT2D eigenvalue weighted by molar-refractivity contribution is 7.91. The van der Waals surface area contributed by atoms with Crippen LogP contribution >= 0.6 is 0 Å². The van der Waals surface area contributed by atoms with E-state index in [1.807, 2.05) is 66.7 Å². The molecule has 0 radical (unpaired) electrons. The van der Waals surface area contributed by atoms with Crippen molar-refractivity contribution < 1.29 is 8.42 Å². The average Bonchev–Trinajstić information content (AvgIpc) is 3.24. The van der Waals surface area contributed by atoms with Crippen LogP contribution in [0.5, 0.6) is 0 Å². The average molecular weight is 411 g/mol. The topological polar surface area (TPSA) is 64.3 Å². The van der Waals surface area contributed by atoms with Gasteiger partial charge in [-0.1, -0.05) is 78.9 Å². The van der Waals surface area contributed by atoms with Gasteiger partial charge in [-0.05, 0) is 12.1 Å². The molecule has 5 nitrogen and oxygen atoms in total. The zero-order valence-electron chi connectivity index (χ0n) is 15.9. The summed E-state index contributed by atoms with van der Waals surface area (Å²) in [6.45, 7) is 0. The molecule has 3 aromatic carbocycles. The number of rotatable bonds is 4. The van der Waals surface area contributed by atoms with E-state index in [-0.39, 0.29) is 9.79 Å². The summed E-state index contributed by atoms with van der Waals surface area (Å²) in [4.78, 5) is 4.77. The van der Waals surface area contributed by atoms with Crippen molar-refractivity contribution in [2.75, 3.05) is 0 Å². The number of nitrogens with zero attached hydrogens (tertiary/aromatic N) is 3. The second-order valence-corrected chi connectivity index (χ2v) is 8.74. The van der Waals surface area contributed by atoms with E-state index >= 15 is 0 Å². The van der Waals surface area contributed by atoms with Crippen molar-refractivity contribution in [1.29, 1.82) is 0 Å². The second-order valence-electron chi connectivity index (χ2n) is 6.82. The number of sulfone groups is 1. The Kier molecular flexibility index (Phi) is 4.41. The third kappa shape index (κ3) is 3.07. The van der Waals surface area contributed by atoms with Gasteiger partial charge in [0.25, 0.3) is 0 Å². The lowest BCUT2D eigenvalue weighted by Crippen LogP contribution is -2.09. The van der Waals surface area contributed by atoms with Gasteiger partial charge in [-0.15, -0.1) is 0 Å². The molecule has 0 saturated carbocycles. The van der Waals surface area contributed by atoms with E-state index in [9.17, 15) is 8.42 Å². The molecule has 5 aromatic rings. The molecule has 0 aliphatic rings. The van der Waals surface area contributed by atoms with Crippen LogP contribution in [0.2, 0.25) is 0 Å². The van der Waals surface area contributed by atoms with Crippen LogP contribution in [-0.4, -0.2) is 23.0 Å². The van der Waals surface area contributed by atoms with Crippen molar-refractivity contribution >= 4 is 15.5 Å². The molecule has 0 fully saturated rings. The number of fused-ring (bicyclic) bond motifs is 1. The van der Waals surface area contributed by atoms with Gasteiger partial charge in [0.1, 0.15) is 4.90 Å². The number of benzene rings is 3. The Morgan fingerprint density at radius 1 is 0.700 bits per heavy atom. The summed E-state index contributed by atoms with van der Waals surface area (Å²) in [5.74, 6) is 0. The van der Waals surface area contributed by atoms with Gasteiger partial charge in [-0.2, -0.15) is 5.10 Å². The highest BCUT2D eigenvalue weighted by atomic mass is 32.2. The van der Waals surface area contributed by atoms with Crippen LogP contribution < -0.4 is 0 Å². The first-order valence-electron chi connectivity index (χ1n) is 9.44. The lowest BCUT2D eigenvalue weighted by molar-refractivity contribution is 0.595. The highest BCUT2D eigenvalue weighted by Gasteiger charge is 2.25. The van der Waals surface area contributed by atoms with Crippen LogP contribution in [-0.2, 0) is 9.84 Å². The van der Waals surface area contributed by atoms with Crippen LogP contribution in [0.1, 0.15) is 0 Å². The van der Waals surface area contributed by atoms with Crippen LogP contribution in [0, 0.1) is 0 Å².